The Balaban J connectivity index is 1.18. The SMILES string of the molecule is O=C(Cc1cc(Cl)ccc1Cl)N1CCC(c2nc(C3OCc4cccc([N+](=O)[O-])c4CO3)cs2)CC1. The number of hydrogen-bond acceptors (Lipinski definition) is 7. The first kappa shape index (κ1) is 25.1. The van der Waals surface area contributed by atoms with Crippen LogP contribution < -0.4 is 0 Å². The fraction of sp³-hybridized carbons (Fsp3) is 0.360. The Hall–Kier alpha value is -2.56. The molecule has 5 rings (SSSR count). The summed E-state index contributed by atoms with van der Waals surface area (Å²) in [4.78, 5) is 30.4. The van der Waals surface area contributed by atoms with Gasteiger partial charge in [-0.2, -0.15) is 0 Å². The normalized spacial score (nSPS) is 18.5. The number of aromatic nitrogens is 1. The summed E-state index contributed by atoms with van der Waals surface area (Å²) in [7, 11) is 0. The summed E-state index contributed by atoms with van der Waals surface area (Å²) in [6.07, 6.45) is 1.16. The van der Waals surface area contributed by atoms with Gasteiger partial charge in [-0.25, -0.2) is 4.98 Å². The maximum absolute atomic E-state index is 12.8. The molecule has 0 N–H and O–H groups in total. The lowest BCUT2D eigenvalue weighted by Crippen LogP contribution is -2.38. The lowest BCUT2D eigenvalue weighted by Gasteiger charge is -2.31. The van der Waals surface area contributed by atoms with Crippen LogP contribution in [0.5, 0.6) is 0 Å². The van der Waals surface area contributed by atoms with Gasteiger partial charge in [0, 0.05) is 40.5 Å². The number of hydrogen-bond donors (Lipinski definition) is 0. The van der Waals surface area contributed by atoms with Crippen molar-refractivity contribution in [2.75, 3.05) is 13.1 Å². The molecule has 0 saturated carbocycles. The highest BCUT2D eigenvalue weighted by Gasteiger charge is 2.29. The molecule has 1 amide bonds. The molecular weight excluding hydrogens is 525 g/mol. The van der Waals surface area contributed by atoms with Crippen LogP contribution in [0.3, 0.4) is 0 Å². The average molecular weight is 548 g/mol. The van der Waals surface area contributed by atoms with E-state index in [0.717, 1.165) is 29.0 Å². The summed E-state index contributed by atoms with van der Waals surface area (Å²) in [6.45, 7) is 1.59. The first-order valence-corrected chi connectivity index (χ1v) is 13.2. The summed E-state index contributed by atoms with van der Waals surface area (Å²) in [6, 6.07) is 10.1. The summed E-state index contributed by atoms with van der Waals surface area (Å²) < 4.78 is 11.8. The summed E-state index contributed by atoms with van der Waals surface area (Å²) in [5, 5.41) is 15.4. The van der Waals surface area contributed by atoms with Crippen LogP contribution in [0.15, 0.2) is 41.8 Å². The van der Waals surface area contributed by atoms with Crippen LogP contribution in [0.1, 0.15) is 52.4 Å². The van der Waals surface area contributed by atoms with Crippen molar-refractivity contribution in [2.24, 2.45) is 0 Å². The van der Waals surface area contributed by atoms with E-state index < -0.39 is 11.2 Å². The number of carbonyl (C=O) groups is 1. The molecule has 0 radical (unpaired) electrons. The van der Waals surface area contributed by atoms with Crippen LogP contribution in [-0.4, -0.2) is 33.8 Å². The van der Waals surface area contributed by atoms with Crippen molar-refractivity contribution in [3.8, 4) is 0 Å². The molecule has 0 spiro atoms. The van der Waals surface area contributed by atoms with Gasteiger partial charge in [-0.05, 0) is 42.2 Å². The van der Waals surface area contributed by atoms with E-state index in [1.165, 1.54) is 6.07 Å². The number of rotatable bonds is 5. The molecule has 1 saturated heterocycles. The molecule has 188 valence electrons. The first-order chi connectivity index (χ1) is 17.4. The van der Waals surface area contributed by atoms with Gasteiger partial charge >= 0.3 is 0 Å². The van der Waals surface area contributed by atoms with Gasteiger partial charge < -0.3 is 14.4 Å². The van der Waals surface area contributed by atoms with Crippen molar-refractivity contribution in [1.29, 1.82) is 0 Å². The largest absolute Gasteiger partial charge is 0.342 e. The Morgan fingerprint density at radius 2 is 1.94 bits per heavy atom. The Kier molecular flexibility index (Phi) is 7.55. The maximum atomic E-state index is 12.8. The van der Waals surface area contributed by atoms with Crippen LogP contribution in [0.25, 0.3) is 0 Å². The van der Waals surface area contributed by atoms with Gasteiger partial charge in [0.05, 0.1) is 35.1 Å². The van der Waals surface area contributed by atoms with Crippen LogP contribution >= 0.6 is 34.5 Å². The zero-order chi connectivity index (χ0) is 25.2. The molecular formula is C25H23Cl2N3O5S. The summed E-state index contributed by atoms with van der Waals surface area (Å²) >= 11 is 13.8. The number of ether oxygens (including phenoxy) is 2. The van der Waals surface area contributed by atoms with E-state index in [4.69, 9.17) is 37.7 Å². The third-order valence-electron chi connectivity index (χ3n) is 6.54. The van der Waals surface area contributed by atoms with E-state index in [2.05, 4.69) is 0 Å². The predicted molar refractivity (Wildman–Crippen MR) is 136 cm³/mol. The molecule has 1 aromatic heterocycles. The topological polar surface area (TPSA) is 94.8 Å². The fourth-order valence-electron chi connectivity index (χ4n) is 4.56. The second kappa shape index (κ2) is 10.8. The van der Waals surface area contributed by atoms with Crippen molar-refractivity contribution in [2.45, 2.75) is 44.7 Å². The Morgan fingerprint density at radius 3 is 2.72 bits per heavy atom. The van der Waals surface area contributed by atoms with Crippen molar-refractivity contribution < 1.29 is 19.2 Å². The van der Waals surface area contributed by atoms with Crippen molar-refractivity contribution in [3.63, 3.8) is 0 Å². The zero-order valence-corrected chi connectivity index (χ0v) is 21.5. The molecule has 1 atom stereocenters. The van der Waals surface area contributed by atoms with Gasteiger partial charge in [-0.1, -0.05) is 35.3 Å². The number of fused-ring (bicyclic) bond motifs is 1. The molecule has 0 bridgehead atoms. The number of halogens is 2. The molecule has 1 fully saturated rings. The second-order valence-electron chi connectivity index (χ2n) is 8.80. The Morgan fingerprint density at radius 1 is 1.17 bits per heavy atom. The van der Waals surface area contributed by atoms with E-state index in [9.17, 15) is 14.9 Å². The van der Waals surface area contributed by atoms with E-state index >= 15 is 0 Å². The van der Waals surface area contributed by atoms with Gasteiger partial charge in [0.15, 0.2) is 0 Å². The molecule has 11 heteroatoms. The van der Waals surface area contributed by atoms with Crippen LogP contribution in [0.4, 0.5) is 5.69 Å². The Bertz CT molecular complexity index is 1290. The highest BCUT2D eigenvalue weighted by molar-refractivity contribution is 7.09. The van der Waals surface area contributed by atoms with Crippen molar-refractivity contribution in [3.05, 3.63) is 89.3 Å². The van der Waals surface area contributed by atoms with Crippen LogP contribution in [0.2, 0.25) is 10.0 Å². The highest BCUT2D eigenvalue weighted by Crippen LogP contribution is 2.36. The zero-order valence-electron chi connectivity index (χ0n) is 19.2. The first-order valence-electron chi connectivity index (χ1n) is 11.5. The monoisotopic (exact) mass is 547 g/mol. The van der Waals surface area contributed by atoms with E-state index in [1.54, 1.807) is 35.6 Å². The van der Waals surface area contributed by atoms with Gasteiger partial charge in [0.25, 0.3) is 5.69 Å². The summed E-state index contributed by atoms with van der Waals surface area (Å²) in [5.41, 5.74) is 2.72. The number of carbonyl (C=O) groups excluding carboxylic acids is 1. The van der Waals surface area contributed by atoms with Gasteiger partial charge in [0.1, 0.15) is 5.69 Å². The third kappa shape index (κ3) is 5.40. The quantitative estimate of drug-likeness (QED) is 0.285. The Labute approximate surface area is 221 Å². The van der Waals surface area contributed by atoms with E-state index in [1.807, 2.05) is 16.3 Å². The summed E-state index contributed by atoms with van der Waals surface area (Å²) in [5.74, 6) is 0.276. The fourth-order valence-corrected chi connectivity index (χ4v) is 5.93. The molecule has 2 aromatic carbocycles. The van der Waals surface area contributed by atoms with Crippen molar-refractivity contribution >= 4 is 46.1 Å². The van der Waals surface area contributed by atoms with Crippen molar-refractivity contribution in [1.82, 2.24) is 9.88 Å². The minimum absolute atomic E-state index is 0.0337. The number of piperidine rings is 1. The van der Waals surface area contributed by atoms with E-state index in [0.29, 0.717) is 34.4 Å². The molecule has 2 aliphatic rings. The van der Waals surface area contributed by atoms with Gasteiger partial charge in [0.2, 0.25) is 12.2 Å². The third-order valence-corrected chi connectivity index (χ3v) is 8.17. The minimum Gasteiger partial charge on any atom is -0.342 e. The lowest BCUT2D eigenvalue weighted by atomic mass is 9.97. The number of thiazole rings is 1. The number of likely N-dealkylation sites (tertiary alicyclic amines) is 1. The van der Waals surface area contributed by atoms with Crippen LogP contribution in [-0.2, 0) is 33.9 Å². The average Bonchev–Trinajstić information content (AvgIpc) is 3.26. The van der Waals surface area contributed by atoms with Crippen LogP contribution in [0, 0.1) is 10.1 Å². The number of benzene rings is 2. The molecule has 3 heterocycles. The van der Waals surface area contributed by atoms with E-state index in [-0.39, 0.29) is 37.1 Å². The highest BCUT2D eigenvalue weighted by atomic mass is 35.5. The lowest BCUT2D eigenvalue weighted by molar-refractivity contribution is -0.386. The standard InChI is InChI=1S/C25H23Cl2N3O5S/c26-18-4-5-20(27)17(10-18)11-23(31)29-8-6-15(7-9-29)24-28-21(14-36-24)25-34-12-16-2-1-3-22(30(32)33)19(16)13-35-25/h1-5,10,14-15,25H,6-9,11-13H2. The number of amides is 1. The number of nitrogens with zero attached hydrogens (tertiary/aromatic N) is 3. The smallest absolute Gasteiger partial charge is 0.275 e. The number of nitro benzene ring substituents is 1. The minimum atomic E-state index is -0.689. The maximum Gasteiger partial charge on any atom is 0.275 e. The molecule has 0 aliphatic carbocycles. The molecule has 1 unspecified atom stereocenters. The number of nitro groups is 1. The van der Waals surface area contributed by atoms with Gasteiger partial charge in [-0.15, -0.1) is 11.3 Å². The molecule has 36 heavy (non-hydrogen) atoms. The molecule has 2 aliphatic heterocycles. The second-order valence-corrected chi connectivity index (χ2v) is 10.5. The van der Waals surface area contributed by atoms with Gasteiger partial charge in [-0.3, -0.25) is 14.9 Å². The predicted octanol–water partition coefficient (Wildman–Crippen LogP) is 6.05. The molecule has 8 nitrogen and oxygen atoms in total. The molecule has 3 aromatic rings.